The van der Waals surface area contributed by atoms with E-state index in [9.17, 15) is 12.8 Å². The van der Waals surface area contributed by atoms with Gasteiger partial charge in [0, 0.05) is 6.54 Å². The Hall–Kier alpha value is -1.72. The van der Waals surface area contributed by atoms with Gasteiger partial charge in [-0.15, -0.1) is 0 Å². The minimum Gasteiger partial charge on any atom is -0.207 e. The van der Waals surface area contributed by atoms with E-state index >= 15 is 0 Å². The predicted molar refractivity (Wildman–Crippen MR) is 83.4 cm³/mol. The van der Waals surface area contributed by atoms with Crippen molar-refractivity contribution in [2.45, 2.75) is 30.7 Å². The minimum absolute atomic E-state index is 0.144. The Bertz CT molecular complexity index is 772. The molecule has 3 nitrogen and oxygen atoms in total. The molecular weight excluding hydrogens is 301 g/mol. The van der Waals surface area contributed by atoms with Gasteiger partial charge in [0.05, 0.1) is 10.9 Å². The summed E-state index contributed by atoms with van der Waals surface area (Å²) in [5.74, 6) is -0.435. The maximum atomic E-state index is 13.0. The van der Waals surface area contributed by atoms with Gasteiger partial charge < -0.3 is 0 Å². The second kappa shape index (κ2) is 5.82. The Morgan fingerprint density at radius 2 is 1.86 bits per heavy atom. The van der Waals surface area contributed by atoms with Crippen LogP contribution in [0.3, 0.4) is 0 Å². The third-order valence-electron chi connectivity index (χ3n) is 4.05. The SMILES string of the molecule is Cc1cccc([C@H]2CCCN2S(=O)(=O)c2ccc(F)cc2)c1. The second-order valence-electron chi connectivity index (χ2n) is 5.64. The molecule has 0 saturated carbocycles. The van der Waals surface area contributed by atoms with Crippen LogP contribution in [-0.4, -0.2) is 19.3 Å². The number of hydrogen-bond acceptors (Lipinski definition) is 2. The molecule has 116 valence electrons. The van der Waals surface area contributed by atoms with Crippen molar-refractivity contribution in [3.8, 4) is 0 Å². The molecule has 0 radical (unpaired) electrons. The third-order valence-corrected chi connectivity index (χ3v) is 5.97. The minimum atomic E-state index is -3.60. The van der Waals surface area contributed by atoms with Gasteiger partial charge in [-0.1, -0.05) is 29.8 Å². The zero-order valence-corrected chi connectivity index (χ0v) is 13.2. The van der Waals surface area contributed by atoms with Gasteiger partial charge in [-0.3, -0.25) is 0 Å². The van der Waals surface area contributed by atoms with Crippen LogP contribution in [0.25, 0.3) is 0 Å². The van der Waals surface area contributed by atoms with E-state index < -0.39 is 15.8 Å². The Labute approximate surface area is 130 Å². The van der Waals surface area contributed by atoms with Crippen molar-refractivity contribution >= 4 is 10.0 Å². The van der Waals surface area contributed by atoms with E-state index in [-0.39, 0.29) is 10.9 Å². The smallest absolute Gasteiger partial charge is 0.207 e. The van der Waals surface area contributed by atoms with Crippen molar-refractivity contribution in [2.24, 2.45) is 0 Å². The van der Waals surface area contributed by atoms with Crippen molar-refractivity contribution in [3.63, 3.8) is 0 Å². The average molecular weight is 319 g/mol. The van der Waals surface area contributed by atoms with E-state index in [2.05, 4.69) is 0 Å². The summed E-state index contributed by atoms with van der Waals surface area (Å²) in [6.45, 7) is 2.50. The standard InChI is InChI=1S/C17H18FNO2S/c1-13-4-2-5-14(12-13)17-6-3-11-19(17)22(20,21)16-9-7-15(18)8-10-16/h2,4-5,7-10,12,17H,3,6,11H2,1H3/t17-/m1/s1. The second-order valence-corrected chi connectivity index (χ2v) is 7.53. The zero-order valence-electron chi connectivity index (χ0n) is 12.4. The molecule has 1 atom stereocenters. The fourth-order valence-electron chi connectivity index (χ4n) is 2.98. The first-order valence-corrected chi connectivity index (χ1v) is 8.76. The molecule has 22 heavy (non-hydrogen) atoms. The van der Waals surface area contributed by atoms with Gasteiger partial charge in [-0.2, -0.15) is 4.31 Å². The molecule has 2 aromatic carbocycles. The molecule has 0 spiro atoms. The predicted octanol–water partition coefficient (Wildman–Crippen LogP) is 3.66. The topological polar surface area (TPSA) is 37.4 Å². The summed E-state index contributed by atoms with van der Waals surface area (Å²) < 4.78 is 40.2. The van der Waals surface area contributed by atoms with Crippen LogP contribution in [0.1, 0.15) is 30.0 Å². The number of halogens is 1. The lowest BCUT2D eigenvalue weighted by atomic mass is 10.0. The summed E-state index contributed by atoms with van der Waals surface area (Å²) in [7, 11) is -3.60. The molecule has 0 aromatic heterocycles. The summed E-state index contributed by atoms with van der Waals surface area (Å²) >= 11 is 0. The maximum Gasteiger partial charge on any atom is 0.243 e. The highest BCUT2D eigenvalue weighted by Gasteiger charge is 2.36. The Morgan fingerprint density at radius 3 is 2.55 bits per heavy atom. The van der Waals surface area contributed by atoms with E-state index in [4.69, 9.17) is 0 Å². The fraction of sp³-hybridized carbons (Fsp3) is 0.294. The molecule has 0 unspecified atom stereocenters. The van der Waals surface area contributed by atoms with Gasteiger partial charge in [0.25, 0.3) is 0 Å². The van der Waals surface area contributed by atoms with Gasteiger partial charge in [0.1, 0.15) is 5.82 Å². The number of benzene rings is 2. The lowest BCUT2D eigenvalue weighted by Crippen LogP contribution is -2.30. The Kier molecular flexibility index (Phi) is 4.02. The third kappa shape index (κ3) is 2.78. The highest BCUT2D eigenvalue weighted by molar-refractivity contribution is 7.89. The number of sulfonamides is 1. The zero-order chi connectivity index (χ0) is 15.7. The number of nitrogens with zero attached hydrogens (tertiary/aromatic N) is 1. The number of hydrogen-bond donors (Lipinski definition) is 0. The van der Waals surface area contributed by atoms with Gasteiger partial charge in [0.15, 0.2) is 0 Å². The molecule has 1 fully saturated rings. The number of rotatable bonds is 3. The normalized spacial score (nSPS) is 19.5. The van der Waals surface area contributed by atoms with Gasteiger partial charge >= 0.3 is 0 Å². The summed E-state index contributed by atoms with van der Waals surface area (Å²) in [4.78, 5) is 0.147. The van der Waals surface area contributed by atoms with E-state index in [1.54, 1.807) is 0 Å². The van der Waals surface area contributed by atoms with Gasteiger partial charge in [0.2, 0.25) is 10.0 Å². The van der Waals surface area contributed by atoms with Crippen LogP contribution in [0.15, 0.2) is 53.4 Å². The van der Waals surface area contributed by atoms with Crippen molar-refractivity contribution in [2.75, 3.05) is 6.54 Å². The molecule has 3 rings (SSSR count). The molecule has 0 amide bonds. The van der Waals surface area contributed by atoms with Crippen LogP contribution in [0.2, 0.25) is 0 Å². The molecule has 0 bridgehead atoms. The van der Waals surface area contributed by atoms with Crippen molar-refractivity contribution in [1.29, 1.82) is 0 Å². The van der Waals surface area contributed by atoms with Crippen LogP contribution in [-0.2, 0) is 10.0 Å². The van der Waals surface area contributed by atoms with E-state index in [1.807, 2.05) is 31.2 Å². The van der Waals surface area contributed by atoms with E-state index in [0.29, 0.717) is 6.54 Å². The molecular formula is C17H18FNO2S. The highest BCUT2D eigenvalue weighted by Crippen LogP contribution is 2.36. The summed E-state index contributed by atoms with van der Waals surface area (Å²) in [6.07, 6.45) is 1.64. The maximum absolute atomic E-state index is 13.0. The van der Waals surface area contributed by atoms with Crippen molar-refractivity contribution < 1.29 is 12.8 Å². The molecule has 0 N–H and O–H groups in total. The Morgan fingerprint density at radius 1 is 1.14 bits per heavy atom. The summed E-state index contributed by atoms with van der Waals surface area (Å²) in [5, 5.41) is 0. The van der Waals surface area contributed by atoms with Crippen LogP contribution in [0, 0.1) is 12.7 Å². The van der Waals surface area contributed by atoms with E-state index in [0.717, 1.165) is 24.0 Å². The molecule has 1 aliphatic heterocycles. The quantitative estimate of drug-likeness (QED) is 0.866. The summed E-state index contributed by atoms with van der Waals surface area (Å²) in [5.41, 5.74) is 2.13. The highest BCUT2D eigenvalue weighted by atomic mass is 32.2. The molecule has 2 aromatic rings. The lowest BCUT2D eigenvalue weighted by molar-refractivity contribution is 0.396. The van der Waals surface area contributed by atoms with Gasteiger partial charge in [-0.05, 0) is 49.6 Å². The molecule has 1 aliphatic rings. The summed E-state index contributed by atoms with van der Waals surface area (Å²) in [6, 6.07) is 12.8. The van der Waals surface area contributed by atoms with E-state index in [1.165, 1.54) is 28.6 Å². The molecule has 1 saturated heterocycles. The lowest BCUT2D eigenvalue weighted by Gasteiger charge is -2.24. The van der Waals surface area contributed by atoms with Gasteiger partial charge in [-0.25, -0.2) is 12.8 Å². The van der Waals surface area contributed by atoms with Crippen LogP contribution in [0.5, 0.6) is 0 Å². The first-order valence-electron chi connectivity index (χ1n) is 7.32. The van der Waals surface area contributed by atoms with Crippen LogP contribution < -0.4 is 0 Å². The first-order chi connectivity index (χ1) is 10.5. The average Bonchev–Trinajstić information content (AvgIpc) is 2.98. The fourth-order valence-corrected chi connectivity index (χ4v) is 4.66. The molecule has 0 aliphatic carbocycles. The van der Waals surface area contributed by atoms with Crippen molar-refractivity contribution in [3.05, 3.63) is 65.5 Å². The molecule has 5 heteroatoms. The first kappa shape index (κ1) is 15.2. The number of aryl methyl sites for hydroxylation is 1. The monoisotopic (exact) mass is 319 g/mol. The van der Waals surface area contributed by atoms with Crippen LogP contribution in [0.4, 0.5) is 4.39 Å². The Balaban J connectivity index is 1.97. The van der Waals surface area contributed by atoms with Crippen molar-refractivity contribution in [1.82, 2.24) is 4.31 Å². The largest absolute Gasteiger partial charge is 0.243 e. The van der Waals surface area contributed by atoms with Crippen LogP contribution >= 0.6 is 0 Å². The molecule has 1 heterocycles.